The van der Waals surface area contributed by atoms with Crippen molar-refractivity contribution in [3.63, 3.8) is 0 Å². The Kier molecular flexibility index (Phi) is 4.97. The zero-order valence-electron chi connectivity index (χ0n) is 11.7. The van der Waals surface area contributed by atoms with Gasteiger partial charge < -0.3 is 10.4 Å². The molecule has 1 heterocycles. The first-order valence-corrected chi connectivity index (χ1v) is 6.61. The molecule has 1 atom stereocenters. The third-order valence-corrected chi connectivity index (χ3v) is 3.13. The minimum Gasteiger partial charge on any atom is -0.387 e. The van der Waals surface area contributed by atoms with E-state index in [0.717, 1.165) is 11.3 Å². The Balaban J connectivity index is 1.85. The highest BCUT2D eigenvalue weighted by molar-refractivity contribution is 5.33. The highest BCUT2D eigenvalue weighted by atomic mass is 16.6. The number of nitro groups is 1. The van der Waals surface area contributed by atoms with E-state index < -0.39 is 11.0 Å². The quantitative estimate of drug-likeness (QED) is 0.627. The maximum Gasteiger partial charge on any atom is 0.269 e. The highest BCUT2D eigenvalue weighted by Crippen LogP contribution is 2.17. The summed E-state index contributed by atoms with van der Waals surface area (Å²) >= 11 is 0. The van der Waals surface area contributed by atoms with Crippen molar-refractivity contribution in [2.75, 3.05) is 6.54 Å². The van der Waals surface area contributed by atoms with Crippen LogP contribution in [0.3, 0.4) is 0 Å². The minimum absolute atomic E-state index is 0.0182. The average Bonchev–Trinajstić information content (AvgIpc) is 2.49. The standard InChI is InChI=1S/C15H17N3O3/c1-11-2-3-12(9-17-11)8-16-10-15(19)13-4-6-14(7-5-13)18(20)21/h2-7,9,15-16,19H,8,10H2,1H3. The number of nitrogens with one attached hydrogen (secondary N) is 1. The molecular weight excluding hydrogens is 270 g/mol. The number of hydrogen-bond donors (Lipinski definition) is 2. The summed E-state index contributed by atoms with van der Waals surface area (Å²) in [6, 6.07) is 9.83. The maximum absolute atomic E-state index is 10.6. The third-order valence-electron chi connectivity index (χ3n) is 3.13. The first kappa shape index (κ1) is 15.1. The Morgan fingerprint density at radius 2 is 2.00 bits per heavy atom. The van der Waals surface area contributed by atoms with Crippen LogP contribution in [0.4, 0.5) is 5.69 Å². The molecule has 0 fully saturated rings. The second-order valence-corrected chi connectivity index (χ2v) is 4.80. The molecule has 110 valence electrons. The number of aromatic nitrogens is 1. The van der Waals surface area contributed by atoms with Gasteiger partial charge in [-0.25, -0.2) is 0 Å². The zero-order valence-corrected chi connectivity index (χ0v) is 11.7. The van der Waals surface area contributed by atoms with Crippen LogP contribution in [0.25, 0.3) is 0 Å². The van der Waals surface area contributed by atoms with Crippen molar-refractivity contribution in [1.82, 2.24) is 10.3 Å². The van der Waals surface area contributed by atoms with Crippen LogP contribution in [0.5, 0.6) is 0 Å². The van der Waals surface area contributed by atoms with Crippen molar-refractivity contribution in [1.29, 1.82) is 0 Å². The predicted molar refractivity (Wildman–Crippen MR) is 78.7 cm³/mol. The number of aliphatic hydroxyl groups is 1. The molecule has 6 heteroatoms. The Labute approximate surface area is 122 Å². The summed E-state index contributed by atoms with van der Waals surface area (Å²) in [5.74, 6) is 0. The normalized spacial score (nSPS) is 12.1. The van der Waals surface area contributed by atoms with Gasteiger partial charge in [0.05, 0.1) is 11.0 Å². The molecule has 1 aromatic heterocycles. The number of pyridine rings is 1. The van der Waals surface area contributed by atoms with Crippen LogP contribution < -0.4 is 5.32 Å². The van der Waals surface area contributed by atoms with Gasteiger partial charge in [0.1, 0.15) is 0 Å². The Morgan fingerprint density at radius 1 is 1.29 bits per heavy atom. The maximum atomic E-state index is 10.6. The van der Waals surface area contributed by atoms with Crippen molar-refractivity contribution in [2.45, 2.75) is 19.6 Å². The fourth-order valence-electron chi connectivity index (χ4n) is 1.89. The molecule has 6 nitrogen and oxygen atoms in total. The van der Waals surface area contributed by atoms with Crippen LogP contribution >= 0.6 is 0 Å². The van der Waals surface area contributed by atoms with Gasteiger partial charge in [0, 0.05) is 37.1 Å². The summed E-state index contributed by atoms with van der Waals surface area (Å²) in [5, 5.41) is 23.7. The molecule has 0 aliphatic rings. The molecule has 0 amide bonds. The third kappa shape index (κ3) is 4.34. The van der Waals surface area contributed by atoms with E-state index in [1.54, 1.807) is 18.3 Å². The van der Waals surface area contributed by atoms with Gasteiger partial charge in [0.2, 0.25) is 0 Å². The van der Waals surface area contributed by atoms with Gasteiger partial charge in [0.25, 0.3) is 5.69 Å². The molecule has 0 spiro atoms. The molecule has 2 N–H and O–H groups in total. The van der Waals surface area contributed by atoms with E-state index >= 15 is 0 Å². The average molecular weight is 287 g/mol. The monoisotopic (exact) mass is 287 g/mol. The van der Waals surface area contributed by atoms with E-state index in [1.807, 2.05) is 19.1 Å². The van der Waals surface area contributed by atoms with E-state index in [-0.39, 0.29) is 5.69 Å². The molecule has 1 unspecified atom stereocenters. The number of rotatable bonds is 6. The lowest BCUT2D eigenvalue weighted by Gasteiger charge is -2.12. The summed E-state index contributed by atoms with van der Waals surface area (Å²) in [6.07, 6.45) is 1.09. The fourth-order valence-corrected chi connectivity index (χ4v) is 1.89. The van der Waals surface area contributed by atoms with Crippen LogP contribution in [-0.4, -0.2) is 21.6 Å². The summed E-state index contributed by atoms with van der Waals surface area (Å²) in [7, 11) is 0. The summed E-state index contributed by atoms with van der Waals surface area (Å²) < 4.78 is 0. The molecule has 0 aliphatic heterocycles. The number of benzene rings is 1. The predicted octanol–water partition coefficient (Wildman–Crippen LogP) is 2.12. The van der Waals surface area contributed by atoms with Crippen LogP contribution in [0.1, 0.15) is 22.9 Å². The number of nitro benzene ring substituents is 1. The lowest BCUT2D eigenvalue weighted by molar-refractivity contribution is -0.384. The van der Waals surface area contributed by atoms with E-state index in [9.17, 15) is 15.2 Å². The molecular formula is C15H17N3O3. The lowest BCUT2D eigenvalue weighted by atomic mass is 10.1. The fraction of sp³-hybridized carbons (Fsp3) is 0.267. The van der Waals surface area contributed by atoms with Crippen molar-refractivity contribution in [2.24, 2.45) is 0 Å². The smallest absolute Gasteiger partial charge is 0.269 e. The number of nitrogens with zero attached hydrogens (tertiary/aromatic N) is 2. The van der Waals surface area contributed by atoms with E-state index in [2.05, 4.69) is 10.3 Å². The topological polar surface area (TPSA) is 88.3 Å². The molecule has 0 saturated carbocycles. The Bertz CT molecular complexity index is 597. The van der Waals surface area contributed by atoms with Crippen LogP contribution in [-0.2, 0) is 6.54 Å². The zero-order chi connectivity index (χ0) is 15.2. The van der Waals surface area contributed by atoms with E-state index in [1.165, 1.54) is 12.1 Å². The second-order valence-electron chi connectivity index (χ2n) is 4.80. The van der Waals surface area contributed by atoms with Crippen LogP contribution in [0.15, 0.2) is 42.6 Å². The summed E-state index contributed by atoms with van der Waals surface area (Å²) in [6.45, 7) is 2.90. The largest absolute Gasteiger partial charge is 0.387 e. The van der Waals surface area contributed by atoms with E-state index in [0.29, 0.717) is 18.7 Å². The molecule has 0 radical (unpaired) electrons. The molecule has 21 heavy (non-hydrogen) atoms. The van der Waals surface area contributed by atoms with Gasteiger partial charge in [-0.3, -0.25) is 15.1 Å². The van der Waals surface area contributed by atoms with E-state index in [4.69, 9.17) is 0 Å². The van der Waals surface area contributed by atoms with Crippen LogP contribution in [0.2, 0.25) is 0 Å². The van der Waals surface area contributed by atoms with Crippen molar-refractivity contribution in [3.8, 4) is 0 Å². The van der Waals surface area contributed by atoms with Gasteiger partial charge in [-0.05, 0) is 36.2 Å². The number of non-ortho nitro benzene ring substituents is 1. The van der Waals surface area contributed by atoms with Gasteiger partial charge in [-0.1, -0.05) is 6.07 Å². The number of aliphatic hydroxyl groups excluding tert-OH is 1. The summed E-state index contributed by atoms with van der Waals surface area (Å²) in [4.78, 5) is 14.3. The van der Waals surface area contributed by atoms with Gasteiger partial charge in [-0.15, -0.1) is 0 Å². The van der Waals surface area contributed by atoms with Gasteiger partial charge >= 0.3 is 0 Å². The molecule has 2 rings (SSSR count). The first-order valence-electron chi connectivity index (χ1n) is 6.61. The SMILES string of the molecule is Cc1ccc(CNCC(O)c2ccc([N+](=O)[O-])cc2)cn1. The molecule has 0 saturated heterocycles. The molecule has 1 aromatic carbocycles. The van der Waals surface area contributed by atoms with Gasteiger partial charge in [0.15, 0.2) is 0 Å². The minimum atomic E-state index is -0.704. The molecule has 0 bridgehead atoms. The number of aryl methyl sites for hydroxylation is 1. The first-order chi connectivity index (χ1) is 10.1. The number of hydrogen-bond acceptors (Lipinski definition) is 5. The Morgan fingerprint density at radius 3 is 2.57 bits per heavy atom. The Hall–Kier alpha value is -2.31. The molecule has 0 aliphatic carbocycles. The van der Waals surface area contributed by atoms with Crippen molar-refractivity contribution in [3.05, 3.63) is 69.5 Å². The van der Waals surface area contributed by atoms with Gasteiger partial charge in [-0.2, -0.15) is 0 Å². The molecule has 2 aromatic rings. The lowest BCUT2D eigenvalue weighted by Crippen LogP contribution is -2.21. The van der Waals surface area contributed by atoms with Crippen LogP contribution in [0, 0.1) is 17.0 Å². The van der Waals surface area contributed by atoms with Crippen molar-refractivity contribution >= 4 is 5.69 Å². The van der Waals surface area contributed by atoms with Crippen molar-refractivity contribution < 1.29 is 10.0 Å². The highest BCUT2D eigenvalue weighted by Gasteiger charge is 2.10. The second kappa shape index (κ2) is 6.92. The summed E-state index contributed by atoms with van der Waals surface area (Å²) in [5.41, 5.74) is 2.67.